The summed E-state index contributed by atoms with van der Waals surface area (Å²) >= 11 is 0. The second-order valence-electron chi connectivity index (χ2n) is 5.25. The van der Waals surface area contributed by atoms with Gasteiger partial charge in [0, 0.05) is 5.54 Å². The molecule has 0 aliphatic carbocycles. The van der Waals surface area contributed by atoms with Crippen LogP contribution < -0.4 is 4.90 Å². The molecule has 1 N–H and O–H groups in total. The van der Waals surface area contributed by atoms with E-state index >= 15 is 0 Å². The fourth-order valence-electron chi connectivity index (χ4n) is 1.73. The van der Waals surface area contributed by atoms with Gasteiger partial charge >= 0.3 is 5.97 Å². The zero-order chi connectivity index (χ0) is 14.0. The monoisotopic (exact) mass is 260 g/mol. The molecule has 1 heterocycles. The van der Waals surface area contributed by atoms with Gasteiger partial charge in [0.2, 0.25) is 5.95 Å². The Bertz CT molecular complexity index is 607. The second kappa shape index (κ2) is 4.79. The molecule has 0 aliphatic rings. The maximum Gasteiger partial charge on any atom is 0.323 e. The largest absolute Gasteiger partial charge is 0.480 e. The minimum absolute atomic E-state index is 0.163. The molecule has 0 bridgehead atoms. The maximum absolute atomic E-state index is 11.0. The first-order valence-electron chi connectivity index (χ1n) is 5.97. The van der Waals surface area contributed by atoms with E-state index in [-0.39, 0.29) is 6.54 Å². The fraction of sp³-hybridized carbons (Fsp3) is 0.385. The fourth-order valence-corrected chi connectivity index (χ4v) is 1.73. The Morgan fingerprint density at radius 3 is 2.42 bits per heavy atom. The van der Waals surface area contributed by atoms with Crippen molar-refractivity contribution in [2.24, 2.45) is 0 Å². The van der Waals surface area contributed by atoms with Crippen molar-refractivity contribution >= 4 is 23.0 Å². The third-order valence-corrected chi connectivity index (χ3v) is 2.69. The number of para-hydroxylation sites is 1. The Morgan fingerprint density at radius 1 is 1.21 bits per heavy atom. The molecule has 100 valence electrons. The van der Waals surface area contributed by atoms with Crippen molar-refractivity contribution in [2.45, 2.75) is 26.3 Å². The van der Waals surface area contributed by atoms with E-state index in [1.54, 1.807) is 4.90 Å². The van der Waals surface area contributed by atoms with Gasteiger partial charge in [-0.2, -0.15) is 0 Å². The quantitative estimate of drug-likeness (QED) is 0.905. The maximum atomic E-state index is 11.0. The Labute approximate surface area is 111 Å². The molecule has 2 rings (SSSR count). The van der Waals surface area contributed by atoms with Crippen LogP contribution in [0.1, 0.15) is 20.8 Å². The summed E-state index contributed by atoms with van der Waals surface area (Å²) < 4.78 is 0. The van der Waals surface area contributed by atoms with Gasteiger partial charge in [0.15, 0.2) is 0 Å². The van der Waals surface area contributed by atoms with Crippen LogP contribution in [0.2, 0.25) is 0 Å². The number of hydrogen-bond acceptors (Lipinski definition) is 5. The van der Waals surface area contributed by atoms with Gasteiger partial charge < -0.3 is 10.0 Å². The zero-order valence-corrected chi connectivity index (χ0v) is 11.2. The molecule has 6 heteroatoms. The Kier molecular flexibility index (Phi) is 3.33. The number of aliphatic carboxylic acids is 1. The molecule has 0 fully saturated rings. The van der Waals surface area contributed by atoms with Crippen LogP contribution in [0.15, 0.2) is 24.3 Å². The normalized spacial score (nSPS) is 11.5. The van der Waals surface area contributed by atoms with E-state index in [0.717, 1.165) is 0 Å². The van der Waals surface area contributed by atoms with Gasteiger partial charge in [0.05, 0.1) is 5.52 Å². The average Bonchev–Trinajstić information content (AvgIpc) is 2.34. The molecule has 1 aromatic carbocycles. The molecule has 0 atom stereocenters. The van der Waals surface area contributed by atoms with Crippen molar-refractivity contribution in [3.05, 3.63) is 24.3 Å². The molecular formula is C13H16N4O2. The van der Waals surface area contributed by atoms with Crippen LogP contribution in [0, 0.1) is 0 Å². The summed E-state index contributed by atoms with van der Waals surface area (Å²) in [6.07, 6.45) is 0. The number of carbonyl (C=O) groups is 1. The smallest absolute Gasteiger partial charge is 0.323 e. The van der Waals surface area contributed by atoms with Gasteiger partial charge in [0.1, 0.15) is 12.1 Å². The van der Waals surface area contributed by atoms with Crippen LogP contribution in [0.25, 0.3) is 11.0 Å². The second-order valence-corrected chi connectivity index (χ2v) is 5.25. The highest BCUT2D eigenvalue weighted by Gasteiger charge is 2.26. The SMILES string of the molecule is CC(C)(C)N(CC(=O)O)c1nnc2ccccc2n1. The first-order valence-corrected chi connectivity index (χ1v) is 5.97. The van der Waals surface area contributed by atoms with E-state index in [9.17, 15) is 4.79 Å². The molecule has 0 saturated carbocycles. The number of nitrogens with zero attached hydrogens (tertiary/aromatic N) is 4. The van der Waals surface area contributed by atoms with E-state index in [1.807, 2.05) is 45.0 Å². The van der Waals surface area contributed by atoms with Gasteiger partial charge in [-0.05, 0) is 32.9 Å². The number of carboxylic acids is 1. The lowest BCUT2D eigenvalue weighted by Crippen LogP contribution is -2.45. The van der Waals surface area contributed by atoms with Crippen molar-refractivity contribution in [1.29, 1.82) is 0 Å². The van der Waals surface area contributed by atoms with Crippen molar-refractivity contribution in [2.75, 3.05) is 11.4 Å². The van der Waals surface area contributed by atoms with E-state index in [0.29, 0.717) is 17.0 Å². The predicted octanol–water partition coefficient (Wildman–Crippen LogP) is 1.71. The lowest BCUT2D eigenvalue weighted by molar-refractivity contribution is -0.135. The lowest BCUT2D eigenvalue weighted by Gasteiger charge is -2.33. The summed E-state index contributed by atoms with van der Waals surface area (Å²) in [6.45, 7) is 5.57. The standard InChI is InChI=1S/C13H16N4O2/c1-13(2,3)17(8-11(18)19)12-14-9-6-4-5-7-10(9)15-16-12/h4-7H,8H2,1-3H3,(H,18,19). The van der Waals surface area contributed by atoms with Gasteiger partial charge in [-0.25, -0.2) is 4.98 Å². The highest BCUT2D eigenvalue weighted by molar-refractivity contribution is 5.76. The summed E-state index contributed by atoms with van der Waals surface area (Å²) in [5.74, 6) is -0.597. The topological polar surface area (TPSA) is 79.2 Å². The Morgan fingerprint density at radius 2 is 1.84 bits per heavy atom. The minimum atomic E-state index is -0.924. The van der Waals surface area contributed by atoms with Crippen LogP contribution in [0.5, 0.6) is 0 Å². The van der Waals surface area contributed by atoms with E-state index in [1.165, 1.54) is 0 Å². The molecular weight excluding hydrogens is 244 g/mol. The average molecular weight is 260 g/mol. The molecule has 19 heavy (non-hydrogen) atoms. The minimum Gasteiger partial charge on any atom is -0.480 e. The van der Waals surface area contributed by atoms with E-state index in [2.05, 4.69) is 15.2 Å². The molecule has 0 spiro atoms. The summed E-state index contributed by atoms with van der Waals surface area (Å²) in [5.41, 5.74) is 0.991. The first kappa shape index (κ1) is 13.2. The number of carboxylic acid groups (broad SMARTS) is 1. The first-order chi connectivity index (χ1) is 8.88. The molecule has 0 radical (unpaired) electrons. The van der Waals surface area contributed by atoms with Gasteiger partial charge in [-0.15, -0.1) is 10.2 Å². The predicted molar refractivity (Wildman–Crippen MR) is 72.1 cm³/mol. The van der Waals surface area contributed by atoms with Crippen molar-refractivity contribution < 1.29 is 9.90 Å². The molecule has 6 nitrogen and oxygen atoms in total. The Balaban J connectivity index is 2.46. The summed E-state index contributed by atoms with van der Waals surface area (Å²) in [5, 5.41) is 17.1. The third-order valence-electron chi connectivity index (χ3n) is 2.69. The van der Waals surface area contributed by atoms with Crippen LogP contribution in [0.4, 0.5) is 5.95 Å². The zero-order valence-electron chi connectivity index (χ0n) is 11.2. The van der Waals surface area contributed by atoms with E-state index < -0.39 is 11.5 Å². The summed E-state index contributed by atoms with van der Waals surface area (Å²) in [7, 11) is 0. The van der Waals surface area contributed by atoms with E-state index in [4.69, 9.17) is 5.11 Å². The highest BCUT2D eigenvalue weighted by Crippen LogP contribution is 2.20. The van der Waals surface area contributed by atoms with Crippen molar-refractivity contribution in [1.82, 2.24) is 15.2 Å². The van der Waals surface area contributed by atoms with Crippen LogP contribution in [-0.4, -0.2) is 38.3 Å². The number of benzene rings is 1. The van der Waals surface area contributed by atoms with Crippen molar-refractivity contribution in [3.63, 3.8) is 0 Å². The third kappa shape index (κ3) is 2.96. The van der Waals surface area contributed by atoms with Gasteiger partial charge in [-0.3, -0.25) is 4.79 Å². The Hall–Kier alpha value is -2.24. The molecule has 0 unspecified atom stereocenters. The highest BCUT2D eigenvalue weighted by atomic mass is 16.4. The lowest BCUT2D eigenvalue weighted by atomic mass is 10.1. The number of fused-ring (bicyclic) bond motifs is 1. The van der Waals surface area contributed by atoms with Crippen LogP contribution >= 0.6 is 0 Å². The number of anilines is 1. The molecule has 0 aliphatic heterocycles. The van der Waals surface area contributed by atoms with Crippen LogP contribution in [-0.2, 0) is 4.79 Å². The number of rotatable bonds is 3. The summed E-state index contributed by atoms with van der Waals surface area (Å²) in [6, 6.07) is 7.36. The molecule has 2 aromatic rings. The van der Waals surface area contributed by atoms with Gasteiger partial charge in [0.25, 0.3) is 0 Å². The van der Waals surface area contributed by atoms with Crippen molar-refractivity contribution in [3.8, 4) is 0 Å². The summed E-state index contributed by atoms with van der Waals surface area (Å²) in [4.78, 5) is 17.0. The number of aromatic nitrogens is 3. The number of hydrogen-bond donors (Lipinski definition) is 1. The molecule has 0 amide bonds. The molecule has 0 saturated heterocycles. The molecule has 1 aromatic heterocycles. The van der Waals surface area contributed by atoms with Crippen LogP contribution in [0.3, 0.4) is 0 Å². The van der Waals surface area contributed by atoms with Gasteiger partial charge in [-0.1, -0.05) is 12.1 Å².